The maximum atomic E-state index is 14.5. The van der Waals surface area contributed by atoms with Crippen molar-refractivity contribution >= 4 is 28.3 Å². The summed E-state index contributed by atoms with van der Waals surface area (Å²) in [6.45, 7) is 9.10. The van der Waals surface area contributed by atoms with Gasteiger partial charge in [0.25, 0.3) is 5.56 Å². The van der Waals surface area contributed by atoms with Crippen LogP contribution < -0.4 is 15.8 Å². The van der Waals surface area contributed by atoms with Gasteiger partial charge in [-0.05, 0) is 44.0 Å². The summed E-state index contributed by atoms with van der Waals surface area (Å²) in [7, 11) is 0. The molecule has 2 aromatic carbocycles. The van der Waals surface area contributed by atoms with Gasteiger partial charge in [-0.1, -0.05) is 24.3 Å². The molecule has 1 aliphatic rings. The summed E-state index contributed by atoms with van der Waals surface area (Å²) in [5.41, 5.74) is 3.27. The molecule has 1 aromatic heterocycles. The van der Waals surface area contributed by atoms with Gasteiger partial charge in [0.1, 0.15) is 12.5 Å². The number of carbonyl (C=O) groups is 2. The number of nitrogens with zero attached hydrogens (tertiary/aromatic N) is 4. The van der Waals surface area contributed by atoms with Gasteiger partial charge in [0, 0.05) is 37.3 Å². The number of piperazine rings is 1. The third-order valence-corrected chi connectivity index (χ3v) is 6.71. The zero-order chi connectivity index (χ0) is 26.5. The standard InChI is InChI=1S/C27H32FN5O4/c1-4-37-25(35)15-22-20-8-6-9-21(28)26(20)27(36)33(30-22)17-29-24(34)16-31-11-13-32(14-12-31)23-10-5-7-18(2)19(23)3/h5-10H,4,11-17H2,1-3H3,(H,29,34). The number of ether oxygens (including phenoxy) is 1. The number of anilines is 1. The van der Waals surface area contributed by atoms with Gasteiger partial charge in [-0.2, -0.15) is 5.10 Å². The van der Waals surface area contributed by atoms with Crippen LogP contribution in [0.25, 0.3) is 10.8 Å². The van der Waals surface area contributed by atoms with Crippen LogP contribution in [-0.4, -0.2) is 65.9 Å². The summed E-state index contributed by atoms with van der Waals surface area (Å²) in [6, 6.07) is 10.5. The molecular formula is C27H32FN5O4. The number of amides is 1. The minimum atomic E-state index is -0.711. The predicted octanol–water partition coefficient (Wildman–Crippen LogP) is 2.15. The second-order valence-electron chi connectivity index (χ2n) is 9.14. The summed E-state index contributed by atoms with van der Waals surface area (Å²) >= 11 is 0. The van der Waals surface area contributed by atoms with E-state index < -0.39 is 17.3 Å². The predicted molar refractivity (Wildman–Crippen MR) is 139 cm³/mol. The van der Waals surface area contributed by atoms with Crippen LogP contribution in [0, 0.1) is 19.7 Å². The first-order valence-electron chi connectivity index (χ1n) is 12.4. The molecule has 0 aliphatic carbocycles. The van der Waals surface area contributed by atoms with E-state index in [0.717, 1.165) is 30.9 Å². The van der Waals surface area contributed by atoms with E-state index >= 15 is 0 Å². The summed E-state index contributed by atoms with van der Waals surface area (Å²) in [5.74, 6) is -1.51. The van der Waals surface area contributed by atoms with Crippen molar-refractivity contribution in [3.05, 3.63) is 69.4 Å². The Morgan fingerprint density at radius 1 is 1.08 bits per heavy atom. The Kier molecular flexibility index (Phi) is 8.17. The zero-order valence-corrected chi connectivity index (χ0v) is 21.4. The molecule has 0 radical (unpaired) electrons. The molecule has 0 saturated carbocycles. The Bertz CT molecular complexity index is 1360. The number of aromatic nitrogens is 2. The second kappa shape index (κ2) is 11.5. The van der Waals surface area contributed by atoms with Gasteiger partial charge in [-0.3, -0.25) is 19.3 Å². The molecule has 0 unspecified atom stereocenters. The lowest BCUT2D eigenvalue weighted by Gasteiger charge is -2.36. The molecule has 1 aliphatic heterocycles. The second-order valence-corrected chi connectivity index (χ2v) is 9.14. The molecule has 196 valence electrons. The molecule has 1 N–H and O–H groups in total. The lowest BCUT2D eigenvalue weighted by molar-refractivity contribution is -0.142. The van der Waals surface area contributed by atoms with Crippen molar-refractivity contribution in [1.82, 2.24) is 20.0 Å². The normalized spacial score (nSPS) is 14.1. The van der Waals surface area contributed by atoms with E-state index in [1.807, 2.05) is 0 Å². The van der Waals surface area contributed by atoms with Crippen LogP contribution in [0.15, 0.2) is 41.2 Å². The van der Waals surface area contributed by atoms with Crippen LogP contribution in [0.1, 0.15) is 23.7 Å². The highest BCUT2D eigenvalue weighted by molar-refractivity contribution is 5.87. The third kappa shape index (κ3) is 5.96. The number of hydrogen-bond acceptors (Lipinski definition) is 7. The molecule has 1 fully saturated rings. The molecule has 2 heterocycles. The number of hydrogen-bond donors (Lipinski definition) is 1. The molecule has 9 nitrogen and oxygen atoms in total. The van der Waals surface area contributed by atoms with Gasteiger partial charge >= 0.3 is 5.97 Å². The van der Waals surface area contributed by atoms with Gasteiger partial charge in [0.05, 0.1) is 30.7 Å². The van der Waals surface area contributed by atoms with Gasteiger partial charge in [-0.15, -0.1) is 0 Å². The van der Waals surface area contributed by atoms with E-state index in [1.54, 1.807) is 13.0 Å². The molecule has 10 heteroatoms. The van der Waals surface area contributed by atoms with Gasteiger partial charge in [0.15, 0.2) is 0 Å². The van der Waals surface area contributed by atoms with E-state index in [2.05, 4.69) is 52.3 Å². The fourth-order valence-electron chi connectivity index (χ4n) is 4.59. The van der Waals surface area contributed by atoms with Crippen LogP contribution in [0.5, 0.6) is 0 Å². The number of esters is 1. The van der Waals surface area contributed by atoms with Gasteiger partial charge in [0.2, 0.25) is 5.91 Å². The molecule has 1 amide bonds. The lowest BCUT2D eigenvalue weighted by atomic mass is 10.1. The number of halogens is 1. The fraction of sp³-hybridized carbons (Fsp3) is 0.407. The van der Waals surface area contributed by atoms with Crippen LogP contribution in [-0.2, 0) is 27.4 Å². The van der Waals surface area contributed by atoms with E-state index in [0.29, 0.717) is 0 Å². The quantitative estimate of drug-likeness (QED) is 0.465. The van der Waals surface area contributed by atoms with E-state index in [-0.39, 0.29) is 48.6 Å². The number of rotatable bonds is 8. The molecule has 0 spiro atoms. The van der Waals surface area contributed by atoms with Crippen LogP contribution in [0.3, 0.4) is 0 Å². The van der Waals surface area contributed by atoms with Gasteiger partial charge < -0.3 is 15.0 Å². The molecule has 3 aromatic rings. The third-order valence-electron chi connectivity index (χ3n) is 6.71. The van der Waals surface area contributed by atoms with Crippen molar-refractivity contribution in [2.75, 3.05) is 44.2 Å². The van der Waals surface area contributed by atoms with Crippen molar-refractivity contribution in [2.45, 2.75) is 33.9 Å². The first-order chi connectivity index (χ1) is 17.8. The van der Waals surface area contributed by atoms with E-state index in [1.165, 1.54) is 28.9 Å². The van der Waals surface area contributed by atoms with Gasteiger partial charge in [-0.25, -0.2) is 9.07 Å². The van der Waals surface area contributed by atoms with Crippen molar-refractivity contribution in [2.24, 2.45) is 0 Å². The minimum absolute atomic E-state index is 0.173. The Morgan fingerprint density at radius 3 is 2.54 bits per heavy atom. The van der Waals surface area contributed by atoms with Crippen molar-refractivity contribution < 1.29 is 18.7 Å². The van der Waals surface area contributed by atoms with Crippen molar-refractivity contribution in [1.29, 1.82) is 0 Å². The van der Waals surface area contributed by atoms with Crippen LogP contribution >= 0.6 is 0 Å². The topological polar surface area (TPSA) is 96.8 Å². The lowest BCUT2D eigenvalue weighted by Crippen LogP contribution is -2.50. The zero-order valence-electron chi connectivity index (χ0n) is 21.4. The number of carbonyl (C=O) groups excluding carboxylic acids is 2. The largest absolute Gasteiger partial charge is 0.466 e. The fourth-order valence-corrected chi connectivity index (χ4v) is 4.59. The Morgan fingerprint density at radius 2 is 1.81 bits per heavy atom. The number of nitrogens with one attached hydrogen (secondary N) is 1. The molecule has 0 bridgehead atoms. The Labute approximate surface area is 214 Å². The number of benzene rings is 2. The van der Waals surface area contributed by atoms with Crippen molar-refractivity contribution in [3.8, 4) is 0 Å². The smallest absolute Gasteiger partial charge is 0.311 e. The average molecular weight is 510 g/mol. The van der Waals surface area contributed by atoms with Crippen molar-refractivity contribution in [3.63, 3.8) is 0 Å². The highest BCUT2D eigenvalue weighted by Crippen LogP contribution is 2.24. The molecule has 4 rings (SSSR count). The highest BCUT2D eigenvalue weighted by atomic mass is 19.1. The molecular weight excluding hydrogens is 477 g/mol. The summed E-state index contributed by atoms with van der Waals surface area (Å²) in [6.07, 6.45) is -0.216. The van der Waals surface area contributed by atoms with E-state index in [9.17, 15) is 18.8 Å². The average Bonchev–Trinajstić information content (AvgIpc) is 2.87. The van der Waals surface area contributed by atoms with Crippen LogP contribution in [0.2, 0.25) is 0 Å². The first-order valence-corrected chi connectivity index (χ1v) is 12.4. The molecule has 0 atom stereocenters. The summed E-state index contributed by atoms with van der Waals surface area (Å²) in [5, 5.41) is 7.03. The SMILES string of the molecule is CCOC(=O)Cc1nn(CNC(=O)CN2CCN(c3cccc(C)c3C)CC2)c(=O)c2c(F)cccc12. The monoisotopic (exact) mass is 509 g/mol. The summed E-state index contributed by atoms with van der Waals surface area (Å²) in [4.78, 5) is 42.0. The Balaban J connectivity index is 1.40. The number of fused-ring (bicyclic) bond motifs is 1. The maximum absolute atomic E-state index is 14.5. The minimum Gasteiger partial charge on any atom is -0.466 e. The first kappa shape index (κ1) is 26.3. The molecule has 37 heavy (non-hydrogen) atoms. The van der Waals surface area contributed by atoms with Crippen LogP contribution in [0.4, 0.5) is 10.1 Å². The van der Waals surface area contributed by atoms with E-state index in [4.69, 9.17) is 4.74 Å². The maximum Gasteiger partial charge on any atom is 0.311 e. The summed E-state index contributed by atoms with van der Waals surface area (Å²) < 4.78 is 20.5. The number of aryl methyl sites for hydroxylation is 1. The highest BCUT2D eigenvalue weighted by Gasteiger charge is 2.21. The molecule has 1 saturated heterocycles. The Hall–Kier alpha value is -3.79.